The number of carbonyl (C=O) groups excluding carboxylic acids is 3. The zero-order valence-corrected chi connectivity index (χ0v) is 15.4. The van der Waals surface area contributed by atoms with Crippen molar-refractivity contribution in [3.63, 3.8) is 0 Å². The second kappa shape index (κ2) is 7.48. The van der Waals surface area contributed by atoms with Gasteiger partial charge in [0, 0.05) is 12.5 Å². The highest BCUT2D eigenvalue weighted by molar-refractivity contribution is 7.18. The highest BCUT2D eigenvalue weighted by Crippen LogP contribution is 2.22. The summed E-state index contributed by atoms with van der Waals surface area (Å²) in [5.41, 5.74) is 6.34. The average Bonchev–Trinajstić information content (AvgIpc) is 2.99. The van der Waals surface area contributed by atoms with Crippen LogP contribution in [-0.2, 0) is 10.2 Å². The zero-order valence-electron chi connectivity index (χ0n) is 14.6. The summed E-state index contributed by atoms with van der Waals surface area (Å²) in [5, 5.41) is 3.17. The van der Waals surface area contributed by atoms with Crippen molar-refractivity contribution in [3.05, 3.63) is 52.4 Å². The number of amides is 3. The maximum absolute atomic E-state index is 12.1. The van der Waals surface area contributed by atoms with Gasteiger partial charge in [-0.2, -0.15) is 0 Å². The summed E-state index contributed by atoms with van der Waals surface area (Å²) in [5.74, 6) is -1.05. The van der Waals surface area contributed by atoms with E-state index < -0.39 is 11.8 Å². The Labute approximate surface area is 150 Å². The molecule has 3 amide bonds. The Morgan fingerprint density at radius 3 is 2.04 bits per heavy atom. The van der Waals surface area contributed by atoms with Crippen molar-refractivity contribution < 1.29 is 14.4 Å². The van der Waals surface area contributed by atoms with Gasteiger partial charge >= 0.3 is 0 Å². The summed E-state index contributed by atoms with van der Waals surface area (Å²) in [4.78, 5) is 35.5. The molecule has 0 saturated carbocycles. The number of anilines is 1. The molecule has 7 heteroatoms. The lowest BCUT2D eigenvalue weighted by Crippen LogP contribution is -2.41. The molecule has 0 radical (unpaired) electrons. The fourth-order valence-electron chi connectivity index (χ4n) is 2.07. The second-order valence-electron chi connectivity index (χ2n) is 6.58. The highest BCUT2D eigenvalue weighted by Gasteiger charge is 2.15. The third-order valence-electron chi connectivity index (χ3n) is 3.43. The quantitative estimate of drug-likeness (QED) is 0.736. The molecule has 0 aliphatic heterocycles. The van der Waals surface area contributed by atoms with E-state index in [-0.39, 0.29) is 11.3 Å². The predicted molar refractivity (Wildman–Crippen MR) is 98.7 cm³/mol. The van der Waals surface area contributed by atoms with Crippen molar-refractivity contribution in [3.8, 4) is 0 Å². The van der Waals surface area contributed by atoms with Gasteiger partial charge in [0.2, 0.25) is 5.91 Å². The smallest absolute Gasteiger partial charge is 0.279 e. The largest absolute Gasteiger partial charge is 0.318 e. The molecular weight excluding hydrogens is 338 g/mol. The second-order valence-corrected chi connectivity index (χ2v) is 7.66. The molecule has 0 spiro atoms. The van der Waals surface area contributed by atoms with Gasteiger partial charge in [0.15, 0.2) is 0 Å². The van der Waals surface area contributed by atoms with Crippen LogP contribution in [0.3, 0.4) is 0 Å². The minimum atomic E-state index is -0.443. The third kappa shape index (κ3) is 5.15. The molecule has 3 N–H and O–H groups in total. The fourth-order valence-corrected chi connectivity index (χ4v) is 2.92. The topological polar surface area (TPSA) is 87.3 Å². The summed E-state index contributed by atoms with van der Waals surface area (Å²) in [7, 11) is 0. The van der Waals surface area contributed by atoms with E-state index in [1.165, 1.54) is 6.92 Å². The van der Waals surface area contributed by atoms with Crippen molar-refractivity contribution in [1.82, 2.24) is 10.9 Å². The van der Waals surface area contributed by atoms with Crippen LogP contribution in [0, 0.1) is 0 Å². The summed E-state index contributed by atoms with van der Waals surface area (Å²) in [6, 6.07) is 10.5. The molecule has 1 aromatic heterocycles. The van der Waals surface area contributed by atoms with E-state index in [0.29, 0.717) is 15.4 Å². The summed E-state index contributed by atoms with van der Waals surface area (Å²) in [6.07, 6.45) is 0. The first-order valence-corrected chi connectivity index (χ1v) is 8.57. The van der Waals surface area contributed by atoms with Gasteiger partial charge in [0.25, 0.3) is 11.8 Å². The standard InChI is InChI=1S/C18H21N3O3S/c1-11(22)19-15-10-9-14(25-15)17(24)21-20-16(23)12-5-7-13(8-6-12)18(2,3)4/h5-10H,1-4H3,(H,19,22)(H,20,23)(H,21,24). The van der Waals surface area contributed by atoms with Gasteiger partial charge in [-0.25, -0.2) is 0 Å². The molecule has 2 rings (SSSR count). The molecule has 1 aromatic carbocycles. The Kier molecular flexibility index (Phi) is 5.58. The van der Waals surface area contributed by atoms with Crippen LogP contribution >= 0.6 is 11.3 Å². The number of carbonyl (C=O) groups is 3. The number of hydrogen-bond donors (Lipinski definition) is 3. The normalized spacial score (nSPS) is 10.9. The third-order valence-corrected chi connectivity index (χ3v) is 4.43. The lowest BCUT2D eigenvalue weighted by atomic mass is 9.87. The zero-order chi connectivity index (χ0) is 18.6. The van der Waals surface area contributed by atoms with Crippen LogP contribution in [0.15, 0.2) is 36.4 Å². The van der Waals surface area contributed by atoms with E-state index in [0.717, 1.165) is 16.9 Å². The van der Waals surface area contributed by atoms with Crippen LogP contribution in [-0.4, -0.2) is 17.7 Å². The van der Waals surface area contributed by atoms with Gasteiger partial charge in [-0.05, 0) is 35.2 Å². The maximum atomic E-state index is 12.1. The molecule has 0 saturated heterocycles. The monoisotopic (exact) mass is 359 g/mol. The Morgan fingerprint density at radius 2 is 1.48 bits per heavy atom. The Balaban J connectivity index is 1.94. The lowest BCUT2D eigenvalue weighted by molar-refractivity contribution is -0.114. The molecule has 0 aliphatic rings. The molecule has 0 unspecified atom stereocenters. The van der Waals surface area contributed by atoms with Crippen LogP contribution in [0.5, 0.6) is 0 Å². The first-order chi connectivity index (χ1) is 11.7. The average molecular weight is 359 g/mol. The molecular formula is C18H21N3O3S. The molecule has 0 bridgehead atoms. The summed E-state index contributed by atoms with van der Waals surface area (Å²) >= 11 is 1.13. The van der Waals surface area contributed by atoms with Crippen molar-refractivity contribution in [2.45, 2.75) is 33.1 Å². The predicted octanol–water partition coefficient (Wildman–Crippen LogP) is 3.08. The van der Waals surface area contributed by atoms with Crippen LogP contribution in [0.2, 0.25) is 0 Å². The van der Waals surface area contributed by atoms with E-state index >= 15 is 0 Å². The van der Waals surface area contributed by atoms with Crippen molar-refractivity contribution in [1.29, 1.82) is 0 Å². The Morgan fingerprint density at radius 1 is 0.880 bits per heavy atom. The van der Waals surface area contributed by atoms with Crippen molar-refractivity contribution in [2.24, 2.45) is 0 Å². The molecule has 6 nitrogen and oxygen atoms in total. The Hall–Kier alpha value is -2.67. The Bertz CT molecular complexity index is 789. The SMILES string of the molecule is CC(=O)Nc1ccc(C(=O)NNC(=O)c2ccc(C(C)(C)C)cc2)s1. The summed E-state index contributed by atoms with van der Waals surface area (Å²) in [6.45, 7) is 7.68. The van der Waals surface area contributed by atoms with Gasteiger partial charge in [0.05, 0.1) is 9.88 Å². The van der Waals surface area contributed by atoms with Crippen molar-refractivity contribution in [2.75, 3.05) is 5.32 Å². The summed E-state index contributed by atoms with van der Waals surface area (Å²) < 4.78 is 0. The fraction of sp³-hybridized carbons (Fsp3) is 0.278. The van der Waals surface area contributed by atoms with Crippen molar-refractivity contribution >= 4 is 34.1 Å². The van der Waals surface area contributed by atoms with Crippen LogP contribution < -0.4 is 16.2 Å². The van der Waals surface area contributed by atoms with Gasteiger partial charge in [-0.15, -0.1) is 11.3 Å². The molecule has 25 heavy (non-hydrogen) atoms. The first kappa shape index (κ1) is 18.7. The van der Waals surface area contributed by atoms with E-state index in [1.54, 1.807) is 24.3 Å². The minimum absolute atomic E-state index is 0.00794. The van der Waals surface area contributed by atoms with E-state index in [1.807, 2.05) is 12.1 Å². The van der Waals surface area contributed by atoms with Gasteiger partial charge in [-0.3, -0.25) is 25.2 Å². The highest BCUT2D eigenvalue weighted by atomic mass is 32.1. The molecule has 1 heterocycles. The number of hydrogen-bond acceptors (Lipinski definition) is 4. The molecule has 132 valence electrons. The van der Waals surface area contributed by atoms with E-state index in [4.69, 9.17) is 0 Å². The molecule has 0 fully saturated rings. The number of hydrazine groups is 1. The molecule has 2 aromatic rings. The van der Waals surface area contributed by atoms with E-state index in [2.05, 4.69) is 36.9 Å². The first-order valence-electron chi connectivity index (χ1n) is 7.75. The van der Waals surface area contributed by atoms with Gasteiger partial charge < -0.3 is 5.32 Å². The molecule has 0 aliphatic carbocycles. The van der Waals surface area contributed by atoms with E-state index in [9.17, 15) is 14.4 Å². The lowest BCUT2D eigenvalue weighted by Gasteiger charge is -2.19. The molecule has 0 atom stereocenters. The number of nitrogens with one attached hydrogen (secondary N) is 3. The number of thiophene rings is 1. The van der Waals surface area contributed by atoms with Gasteiger partial charge in [-0.1, -0.05) is 32.9 Å². The van der Waals surface area contributed by atoms with Gasteiger partial charge in [0.1, 0.15) is 0 Å². The van der Waals surface area contributed by atoms with Crippen LogP contribution in [0.25, 0.3) is 0 Å². The maximum Gasteiger partial charge on any atom is 0.279 e. The van der Waals surface area contributed by atoms with Crippen LogP contribution in [0.1, 0.15) is 53.3 Å². The minimum Gasteiger partial charge on any atom is -0.318 e. The van der Waals surface area contributed by atoms with Crippen LogP contribution in [0.4, 0.5) is 5.00 Å². The number of benzene rings is 1. The number of rotatable bonds is 3.